The molecule has 88 valence electrons. The first-order valence-electron chi connectivity index (χ1n) is 5.75. The maximum Gasteiger partial charge on any atom is 0.0716 e. The largest absolute Gasteiger partial charge is 0.322 e. The second-order valence-electron chi connectivity index (χ2n) is 4.44. The average molecular weight is 348 g/mol. The average Bonchev–Trinajstić information content (AvgIpc) is 2.29. The van der Waals surface area contributed by atoms with Gasteiger partial charge in [0.1, 0.15) is 0 Å². The summed E-state index contributed by atoms with van der Waals surface area (Å²) in [6, 6.07) is 2.09. The zero-order chi connectivity index (χ0) is 11.5. The van der Waals surface area contributed by atoms with E-state index in [2.05, 4.69) is 36.8 Å². The molecule has 1 aliphatic carbocycles. The molecule has 1 unspecified atom stereocenters. The van der Waals surface area contributed by atoms with Crippen molar-refractivity contribution in [1.29, 1.82) is 0 Å². The molecular formula is C12H16Br2N2. The molecule has 0 aliphatic heterocycles. The van der Waals surface area contributed by atoms with Crippen molar-refractivity contribution in [2.45, 2.75) is 38.1 Å². The highest BCUT2D eigenvalue weighted by molar-refractivity contribution is 9.11. The number of halogens is 2. The van der Waals surface area contributed by atoms with Gasteiger partial charge >= 0.3 is 0 Å². The second kappa shape index (κ2) is 5.61. The van der Waals surface area contributed by atoms with E-state index in [-0.39, 0.29) is 6.04 Å². The van der Waals surface area contributed by atoms with Crippen LogP contribution in [0.15, 0.2) is 21.2 Å². The van der Waals surface area contributed by atoms with Crippen LogP contribution in [0.4, 0.5) is 0 Å². The maximum atomic E-state index is 6.31. The van der Waals surface area contributed by atoms with E-state index >= 15 is 0 Å². The van der Waals surface area contributed by atoms with Gasteiger partial charge in [-0.15, -0.1) is 0 Å². The number of nitrogens with two attached hydrogens (primary N) is 1. The van der Waals surface area contributed by atoms with Gasteiger partial charge in [0.05, 0.1) is 11.7 Å². The number of rotatable bonds is 2. The third-order valence-corrected chi connectivity index (χ3v) is 4.38. The molecule has 0 aromatic carbocycles. The lowest BCUT2D eigenvalue weighted by Gasteiger charge is -2.27. The first kappa shape index (κ1) is 12.5. The fourth-order valence-corrected chi connectivity index (χ4v) is 3.64. The molecule has 1 aliphatic rings. The van der Waals surface area contributed by atoms with Crippen molar-refractivity contribution < 1.29 is 0 Å². The summed E-state index contributed by atoms with van der Waals surface area (Å²) < 4.78 is 2.00. The number of hydrogen-bond donors (Lipinski definition) is 1. The van der Waals surface area contributed by atoms with Crippen LogP contribution in [0.25, 0.3) is 0 Å². The number of hydrogen-bond acceptors (Lipinski definition) is 2. The van der Waals surface area contributed by atoms with Crippen LogP contribution >= 0.6 is 31.9 Å². The summed E-state index contributed by atoms with van der Waals surface area (Å²) in [5.74, 6) is 0.596. The van der Waals surface area contributed by atoms with Crippen molar-refractivity contribution in [2.75, 3.05) is 0 Å². The van der Waals surface area contributed by atoms with Gasteiger partial charge in [-0.25, -0.2) is 0 Å². The summed E-state index contributed by atoms with van der Waals surface area (Å²) in [6.07, 6.45) is 8.29. The SMILES string of the molecule is NC(c1ncc(Br)cc1Br)C1CCCCC1. The lowest BCUT2D eigenvalue weighted by atomic mass is 9.83. The van der Waals surface area contributed by atoms with E-state index in [4.69, 9.17) is 5.73 Å². The summed E-state index contributed by atoms with van der Waals surface area (Å²) in [4.78, 5) is 4.43. The van der Waals surface area contributed by atoms with E-state index in [1.54, 1.807) is 0 Å². The Hall–Kier alpha value is 0.0700. The van der Waals surface area contributed by atoms with Crippen LogP contribution in [-0.2, 0) is 0 Å². The second-order valence-corrected chi connectivity index (χ2v) is 6.21. The normalized spacial score (nSPS) is 19.7. The van der Waals surface area contributed by atoms with Gasteiger partial charge < -0.3 is 5.73 Å². The van der Waals surface area contributed by atoms with E-state index in [0.29, 0.717) is 5.92 Å². The van der Waals surface area contributed by atoms with Crippen LogP contribution in [0.5, 0.6) is 0 Å². The van der Waals surface area contributed by atoms with Crippen molar-refractivity contribution >= 4 is 31.9 Å². The van der Waals surface area contributed by atoms with Gasteiger partial charge in [-0.1, -0.05) is 19.3 Å². The van der Waals surface area contributed by atoms with Gasteiger partial charge in [0, 0.05) is 15.1 Å². The molecule has 16 heavy (non-hydrogen) atoms. The Bertz CT molecular complexity index is 362. The Balaban J connectivity index is 2.15. The Morgan fingerprint density at radius 2 is 1.94 bits per heavy atom. The molecule has 2 nitrogen and oxygen atoms in total. The quantitative estimate of drug-likeness (QED) is 0.871. The topological polar surface area (TPSA) is 38.9 Å². The Kier molecular flexibility index (Phi) is 4.39. The standard InChI is InChI=1S/C12H16Br2N2/c13-9-6-10(14)12(16-7-9)11(15)8-4-2-1-3-5-8/h6-8,11H,1-5,15H2. The van der Waals surface area contributed by atoms with E-state index in [1.165, 1.54) is 32.1 Å². The molecule has 1 saturated carbocycles. The van der Waals surface area contributed by atoms with Crippen LogP contribution in [0.3, 0.4) is 0 Å². The highest BCUT2D eigenvalue weighted by Crippen LogP contribution is 2.35. The fraction of sp³-hybridized carbons (Fsp3) is 0.583. The third kappa shape index (κ3) is 2.84. The van der Waals surface area contributed by atoms with Crippen molar-refractivity contribution in [3.8, 4) is 0 Å². The van der Waals surface area contributed by atoms with Gasteiger partial charge in [-0.2, -0.15) is 0 Å². The van der Waals surface area contributed by atoms with E-state index < -0.39 is 0 Å². The molecule has 0 amide bonds. The minimum atomic E-state index is 0.0720. The molecule has 1 fully saturated rings. The molecule has 2 N–H and O–H groups in total. The number of aromatic nitrogens is 1. The lowest BCUT2D eigenvalue weighted by Crippen LogP contribution is -2.24. The summed E-state index contributed by atoms with van der Waals surface area (Å²) in [5, 5.41) is 0. The van der Waals surface area contributed by atoms with Gasteiger partial charge in [0.25, 0.3) is 0 Å². The van der Waals surface area contributed by atoms with E-state index in [0.717, 1.165) is 14.6 Å². The summed E-state index contributed by atoms with van der Waals surface area (Å²) in [6.45, 7) is 0. The highest BCUT2D eigenvalue weighted by Gasteiger charge is 2.24. The van der Waals surface area contributed by atoms with Gasteiger partial charge in [0.2, 0.25) is 0 Å². The zero-order valence-corrected chi connectivity index (χ0v) is 12.3. The molecule has 1 heterocycles. The number of nitrogens with zero attached hydrogens (tertiary/aromatic N) is 1. The number of pyridine rings is 1. The molecule has 0 saturated heterocycles. The molecule has 0 radical (unpaired) electrons. The van der Waals surface area contributed by atoms with Crippen molar-refractivity contribution in [3.63, 3.8) is 0 Å². The maximum absolute atomic E-state index is 6.31. The molecular weight excluding hydrogens is 332 g/mol. The summed E-state index contributed by atoms with van der Waals surface area (Å²) in [5.41, 5.74) is 7.31. The third-order valence-electron chi connectivity index (χ3n) is 3.31. The minimum absolute atomic E-state index is 0.0720. The Morgan fingerprint density at radius 1 is 1.25 bits per heavy atom. The molecule has 2 rings (SSSR count). The van der Waals surface area contributed by atoms with Gasteiger partial charge in [0.15, 0.2) is 0 Å². The lowest BCUT2D eigenvalue weighted by molar-refractivity contribution is 0.304. The fourth-order valence-electron chi connectivity index (χ4n) is 2.39. The molecule has 1 aromatic rings. The molecule has 0 spiro atoms. The van der Waals surface area contributed by atoms with Crippen molar-refractivity contribution in [2.24, 2.45) is 11.7 Å². The highest BCUT2D eigenvalue weighted by atomic mass is 79.9. The summed E-state index contributed by atoms with van der Waals surface area (Å²) >= 11 is 6.95. The smallest absolute Gasteiger partial charge is 0.0716 e. The zero-order valence-electron chi connectivity index (χ0n) is 9.13. The summed E-state index contributed by atoms with van der Waals surface area (Å²) in [7, 11) is 0. The first-order chi connectivity index (χ1) is 7.68. The Labute approximate surface area is 113 Å². The molecule has 0 bridgehead atoms. The van der Waals surface area contributed by atoms with Gasteiger partial charge in [-0.3, -0.25) is 4.98 Å². The van der Waals surface area contributed by atoms with Crippen LogP contribution < -0.4 is 5.73 Å². The molecule has 4 heteroatoms. The van der Waals surface area contributed by atoms with E-state index in [9.17, 15) is 0 Å². The molecule has 1 aromatic heterocycles. The van der Waals surface area contributed by atoms with Crippen LogP contribution in [0.2, 0.25) is 0 Å². The molecule has 1 atom stereocenters. The van der Waals surface area contributed by atoms with Gasteiger partial charge in [-0.05, 0) is 56.7 Å². The Morgan fingerprint density at radius 3 is 2.56 bits per heavy atom. The first-order valence-corrected chi connectivity index (χ1v) is 7.33. The predicted octanol–water partition coefficient (Wildman–Crippen LogP) is 4.19. The minimum Gasteiger partial charge on any atom is -0.322 e. The van der Waals surface area contributed by atoms with Crippen molar-refractivity contribution in [1.82, 2.24) is 4.98 Å². The van der Waals surface area contributed by atoms with Crippen LogP contribution in [0, 0.1) is 5.92 Å². The van der Waals surface area contributed by atoms with Crippen LogP contribution in [-0.4, -0.2) is 4.98 Å². The van der Waals surface area contributed by atoms with Crippen molar-refractivity contribution in [3.05, 3.63) is 26.9 Å². The predicted molar refractivity (Wildman–Crippen MR) is 73.1 cm³/mol. The van der Waals surface area contributed by atoms with E-state index in [1.807, 2.05) is 12.3 Å². The van der Waals surface area contributed by atoms with Crippen LogP contribution in [0.1, 0.15) is 43.8 Å². The monoisotopic (exact) mass is 346 g/mol.